The van der Waals surface area contributed by atoms with Crippen LogP contribution in [-0.4, -0.2) is 19.0 Å². The molecule has 2 heteroatoms. The molecule has 0 spiro atoms. The van der Waals surface area contributed by atoms with Gasteiger partial charge in [-0.1, -0.05) is 5.57 Å². The molecule has 2 nitrogen and oxygen atoms in total. The molecule has 1 saturated heterocycles. The highest BCUT2D eigenvalue weighted by atomic mass is 16.5. The Hall–Kier alpha value is -0.630. The molecule has 1 fully saturated rings. The summed E-state index contributed by atoms with van der Waals surface area (Å²) in [6.45, 7) is 1.82. The fourth-order valence-electron chi connectivity index (χ4n) is 2.14. The molecule has 0 bridgehead atoms. The summed E-state index contributed by atoms with van der Waals surface area (Å²) >= 11 is 0. The highest BCUT2D eigenvalue weighted by Crippen LogP contribution is 2.27. The van der Waals surface area contributed by atoms with Crippen molar-refractivity contribution < 1.29 is 9.53 Å². The molecule has 1 heterocycles. The minimum atomic E-state index is 0.321. The van der Waals surface area contributed by atoms with E-state index < -0.39 is 0 Å². The zero-order valence-electron chi connectivity index (χ0n) is 7.92. The second-order valence-corrected chi connectivity index (χ2v) is 4.03. The van der Waals surface area contributed by atoms with Crippen LogP contribution >= 0.6 is 0 Å². The van der Waals surface area contributed by atoms with Crippen LogP contribution in [0.2, 0.25) is 0 Å². The lowest BCUT2D eigenvalue weighted by molar-refractivity contribution is -0.114. The van der Waals surface area contributed by atoms with Crippen molar-refractivity contribution in [2.75, 3.05) is 13.2 Å². The quantitative estimate of drug-likeness (QED) is 0.650. The van der Waals surface area contributed by atoms with E-state index >= 15 is 0 Å². The molecular formula is C11H16O2. The molecule has 0 aromatic heterocycles. The van der Waals surface area contributed by atoms with Gasteiger partial charge in [-0.2, -0.15) is 0 Å². The van der Waals surface area contributed by atoms with Crippen molar-refractivity contribution in [1.82, 2.24) is 0 Å². The van der Waals surface area contributed by atoms with E-state index in [9.17, 15) is 4.79 Å². The van der Waals surface area contributed by atoms with Gasteiger partial charge in [0.1, 0.15) is 0 Å². The van der Waals surface area contributed by atoms with Crippen molar-refractivity contribution in [3.63, 3.8) is 0 Å². The molecule has 2 rings (SSSR count). The number of rotatable bonds is 2. The fraction of sp³-hybridized carbons (Fsp3) is 0.727. The molecule has 0 N–H and O–H groups in total. The number of carbonyl (C=O) groups is 1. The van der Waals surface area contributed by atoms with Gasteiger partial charge in [-0.25, -0.2) is 0 Å². The highest BCUT2D eigenvalue weighted by molar-refractivity contribution is 5.92. The van der Waals surface area contributed by atoms with Crippen LogP contribution < -0.4 is 0 Å². The van der Waals surface area contributed by atoms with Gasteiger partial charge in [-0.3, -0.25) is 4.79 Å². The number of allylic oxidation sites excluding steroid dienone is 2. The smallest absolute Gasteiger partial charge is 0.155 e. The van der Waals surface area contributed by atoms with Crippen LogP contribution in [0.5, 0.6) is 0 Å². The standard InChI is InChI=1S/C11H16O2/c12-11-2-1-10(8-11)7-9-3-5-13-6-4-9/h8-9H,1-7H2. The Labute approximate surface area is 79.0 Å². The summed E-state index contributed by atoms with van der Waals surface area (Å²) in [5.41, 5.74) is 1.37. The predicted molar refractivity (Wildman–Crippen MR) is 50.5 cm³/mol. The largest absolute Gasteiger partial charge is 0.381 e. The third-order valence-corrected chi connectivity index (χ3v) is 2.95. The monoisotopic (exact) mass is 180 g/mol. The zero-order valence-corrected chi connectivity index (χ0v) is 7.92. The first-order valence-electron chi connectivity index (χ1n) is 5.14. The Morgan fingerprint density at radius 3 is 2.69 bits per heavy atom. The Morgan fingerprint density at radius 1 is 1.31 bits per heavy atom. The minimum Gasteiger partial charge on any atom is -0.381 e. The lowest BCUT2D eigenvalue weighted by Gasteiger charge is -2.22. The molecule has 72 valence electrons. The lowest BCUT2D eigenvalue weighted by Crippen LogP contribution is -2.15. The molecule has 0 aromatic carbocycles. The first-order chi connectivity index (χ1) is 6.34. The van der Waals surface area contributed by atoms with Gasteiger partial charge in [0.2, 0.25) is 0 Å². The maximum absolute atomic E-state index is 11.0. The van der Waals surface area contributed by atoms with Crippen LogP contribution in [0.1, 0.15) is 32.1 Å². The molecule has 0 amide bonds. The van der Waals surface area contributed by atoms with E-state index in [0.29, 0.717) is 5.78 Å². The SMILES string of the molecule is O=C1C=C(CC2CCOCC2)CC1. The van der Waals surface area contributed by atoms with Gasteiger partial charge >= 0.3 is 0 Å². The summed E-state index contributed by atoms with van der Waals surface area (Å²) in [5, 5.41) is 0. The topological polar surface area (TPSA) is 26.3 Å². The van der Waals surface area contributed by atoms with Crippen molar-refractivity contribution in [1.29, 1.82) is 0 Å². The van der Waals surface area contributed by atoms with Crippen molar-refractivity contribution >= 4 is 5.78 Å². The minimum absolute atomic E-state index is 0.321. The maximum Gasteiger partial charge on any atom is 0.155 e. The van der Waals surface area contributed by atoms with E-state index in [1.165, 1.54) is 18.4 Å². The summed E-state index contributed by atoms with van der Waals surface area (Å²) in [5.74, 6) is 1.09. The summed E-state index contributed by atoms with van der Waals surface area (Å²) in [6, 6.07) is 0. The van der Waals surface area contributed by atoms with Gasteiger partial charge in [0.15, 0.2) is 5.78 Å². The van der Waals surface area contributed by atoms with E-state index in [1.54, 1.807) is 0 Å². The molecule has 1 aliphatic carbocycles. The molecule has 1 aliphatic heterocycles. The second-order valence-electron chi connectivity index (χ2n) is 4.03. The van der Waals surface area contributed by atoms with Gasteiger partial charge in [0.25, 0.3) is 0 Å². The number of ketones is 1. The molecule has 0 radical (unpaired) electrons. The van der Waals surface area contributed by atoms with Crippen LogP contribution in [0.3, 0.4) is 0 Å². The third-order valence-electron chi connectivity index (χ3n) is 2.95. The van der Waals surface area contributed by atoms with E-state index in [2.05, 4.69) is 0 Å². The maximum atomic E-state index is 11.0. The van der Waals surface area contributed by atoms with E-state index in [4.69, 9.17) is 4.74 Å². The summed E-state index contributed by atoms with van der Waals surface area (Å²) < 4.78 is 5.30. The van der Waals surface area contributed by atoms with Gasteiger partial charge in [0, 0.05) is 19.6 Å². The van der Waals surface area contributed by atoms with Crippen molar-refractivity contribution in [3.8, 4) is 0 Å². The number of ether oxygens (including phenoxy) is 1. The number of carbonyl (C=O) groups excluding carboxylic acids is 1. The van der Waals surface area contributed by atoms with Crippen LogP contribution in [0.25, 0.3) is 0 Å². The Kier molecular flexibility index (Phi) is 2.79. The van der Waals surface area contributed by atoms with Gasteiger partial charge in [-0.05, 0) is 37.7 Å². The first-order valence-corrected chi connectivity index (χ1v) is 5.14. The summed E-state index contributed by atoms with van der Waals surface area (Å²) in [6.07, 6.45) is 7.09. The average Bonchev–Trinajstić information content (AvgIpc) is 2.53. The van der Waals surface area contributed by atoms with Gasteiger partial charge < -0.3 is 4.74 Å². The Balaban J connectivity index is 1.83. The van der Waals surface area contributed by atoms with E-state index in [1.807, 2.05) is 6.08 Å². The molecule has 0 atom stereocenters. The normalized spacial score (nSPS) is 24.9. The molecular weight excluding hydrogens is 164 g/mol. The summed E-state index contributed by atoms with van der Waals surface area (Å²) in [4.78, 5) is 11.0. The second kappa shape index (κ2) is 4.05. The highest BCUT2D eigenvalue weighted by Gasteiger charge is 2.18. The molecule has 0 unspecified atom stereocenters. The fourth-order valence-corrected chi connectivity index (χ4v) is 2.14. The van der Waals surface area contributed by atoms with Crippen LogP contribution in [0, 0.1) is 5.92 Å². The number of hydrogen-bond donors (Lipinski definition) is 0. The van der Waals surface area contributed by atoms with Gasteiger partial charge in [0.05, 0.1) is 0 Å². The lowest BCUT2D eigenvalue weighted by atomic mass is 9.92. The molecule has 2 aliphatic rings. The van der Waals surface area contributed by atoms with Crippen LogP contribution in [0.4, 0.5) is 0 Å². The van der Waals surface area contributed by atoms with Crippen LogP contribution in [0.15, 0.2) is 11.6 Å². The molecule has 13 heavy (non-hydrogen) atoms. The van der Waals surface area contributed by atoms with E-state index in [-0.39, 0.29) is 0 Å². The predicted octanol–water partition coefficient (Wildman–Crippen LogP) is 2.09. The van der Waals surface area contributed by atoms with Crippen LogP contribution in [-0.2, 0) is 9.53 Å². The first kappa shape index (κ1) is 8.95. The zero-order chi connectivity index (χ0) is 9.10. The van der Waals surface area contributed by atoms with Crippen molar-refractivity contribution in [2.45, 2.75) is 32.1 Å². The third kappa shape index (κ3) is 2.41. The van der Waals surface area contributed by atoms with Crippen molar-refractivity contribution in [2.24, 2.45) is 5.92 Å². The van der Waals surface area contributed by atoms with Gasteiger partial charge in [-0.15, -0.1) is 0 Å². The molecule has 0 saturated carbocycles. The Morgan fingerprint density at radius 2 is 2.08 bits per heavy atom. The van der Waals surface area contributed by atoms with Crippen molar-refractivity contribution in [3.05, 3.63) is 11.6 Å². The summed E-state index contributed by atoms with van der Waals surface area (Å²) in [7, 11) is 0. The average molecular weight is 180 g/mol. The Bertz CT molecular complexity index is 224. The number of hydrogen-bond acceptors (Lipinski definition) is 2. The van der Waals surface area contributed by atoms with E-state index in [0.717, 1.165) is 38.4 Å². The molecule has 0 aromatic rings.